The number of β-amino-alcohol motifs (C(OH)–C–C–N with tert-alkyl or cyclic N) is 1. The molecule has 0 radical (unpaired) electrons. The van der Waals surface area contributed by atoms with Crippen LogP contribution >= 0.6 is 15.9 Å². The summed E-state index contributed by atoms with van der Waals surface area (Å²) < 4.78 is 0.822. The van der Waals surface area contributed by atoms with Gasteiger partial charge < -0.3 is 15.7 Å². The van der Waals surface area contributed by atoms with Gasteiger partial charge in [-0.15, -0.1) is 0 Å². The molecule has 1 aliphatic heterocycles. The van der Waals surface area contributed by atoms with Crippen LogP contribution in [0.4, 0.5) is 0 Å². The summed E-state index contributed by atoms with van der Waals surface area (Å²) in [5.41, 5.74) is 5.10. The number of amides is 2. The van der Waals surface area contributed by atoms with E-state index in [0.29, 0.717) is 24.9 Å². The lowest BCUT2D eigenvalue weighted by atomic mass is 9.91. The lowest BCUT2D eigenvalue weighted by Crippen LogP contribution is -2.57. The van der Waals surface area contributed by atoms with E-state index in [1.807, 2.05) is 13.0 Å². The number of halogens is 1. The minimum atomic E-state index is -1.62. The number of aliphatic hydroxyl groups is 1. The van der Waals surface area contributed by atoms with Gasteiger partial charge in [0.25, 0.3) is 11.8 Å². The van der Waals surface area contributed by atoms with Crippen molar-refractivity contribution in [1.29, 1.82) is 0 Å². The third-order valence-electron chi connectivity index (χ3n) is 3.51. The van der Waals surface area contributed by atoms with E-state index in [4.69, 9.17) is 5.73 Å². The smallest absolute Gasteiger partial charge is 0.254 e. The number of nitrogens with two attached hydrogens (primary N) is 1. The molecule has 0 saturated carbocycles. The number of benzene rings is 1. The molecular formula is C14H17BrN2O3. The Morgan fingerprint density at radius 2 is 2.10 bits per heavy atom. The highest BCUT2D eigenvalue weighted by Crippen LogP contribution is 2.23. The molecule has 3 N–H and O–H groups in total. The Bertz CT molecular complexity index is 541. The van der Waals surface area contributed by atoms with Gasteiger partial charge in [0.2, 0.25) is 0 Å². The monoisotopic (exact) mass is 340 g/mol. The summed E-state index contributed by atoms with van der Waals surface area (Å²) in [6.07, 6.45) is 0.849. The number of carbonyl (C=O) groups is 2. The van der Waals surface area contributed by atoms with Crippen LogP contribution in [0.3, 0.4) is 0 Å². The first-order chi connectivity index (χ1) is 9.32. The molecule has 1 aliphatic rings. The van der Waals surface area contributed by atoms with E-state index >= 15 is 0 Å². The molecule has 6 heteroatoms. The molecule has 1 atom stereocenters. The van der Waals surface area contributed by atoms with Crippen molar-refractivity contribution in [2.45, 2.75) is 25.4 Å². The first-order valence-corrected chi connectivity index (χ1v) is 7.20. The summed E-state index contributed by atoms with van der Waals surface area (Å²) in [5.74, 6) is -0.978. The predicted octanol–water partition coefficient (Wildman–Crippen LogP) is 1.21. The molecule has 1 fully saturated rings. The molecule has 20 heavy (non-hydrogen) atoms. The first-order valence-electron chi connectivity index (χ1n) is 6.40. The molecule has 1 saturated heterocycles. The van der Waals surface area contributed by atoms with E-state index < -0.39 is 11.5 Å². The van der Waals surface area contributed by atoms with Crippen LogP contribution in [-0.2, 0) is 4.79 Å². The number of nitrogens with zero attached hydrogens (tertiary/aromatic N) is 1. The third kappa shape index (κ3) is 3.02. The summed E-state index contributed by atoms with van der Waals surface area (Å²) in [7, 11) is 0. The SMILES string of the molecule is Cc1cc(Br)cc(C(=O)N2CCC[C@@](O)(C(N)=O)C2)c1. The maximum absolute atomic E-state index is 12.5. The van der Waals surface area contributed by atoms with E-state index in [-0.39, 0.29) is 12.5 Å². The maximum atomic E-state index is 12.5. The minimum Gasteiger partial charge on any atom is -0.378 e. The number of aryl methyl sites for hydroxylation is 1. The Morgan fingerprint density at radius 3 is 2.70 bits per heavy atom. The number of hydrogen-bond acceptors (Lipinski definition) is 3. The average molecular weight is 341 g/mol. The summed E-state index contributed by atoms with van der Waals surface area (Å²) in [5, 5.41) is 10.1. The molecule has 0 spiro atoms. The van der Waals surface area contributed by atoms with Crippen LogP contribution in [-0.4, -0.2) is 40.5 Å². The van der Waals surface area contributed by atoms with Crippen LogP contribution < -0.4 is 5.73 Å². The van der Waals surface area contributed by atoms with E-state index in [1.165, 1.54) is 4.90 Å². The molecule has 2 amide bonds. The van der Waals surface area contributed by atoms with E-state index in [1.54, 1.807) is 12.1 Å². The molecule has 0 aromatic heterocycles. The van der Waals surface area contributed by atoms with Gasteiger partial charge in [-0.3, -0.25) is 9.59 Å². The molecule has 1 heterocycles. The quantitative estimate of drug-likeness (QED) is 0.848. The standard InChI is InChI=1S/C14H17BrN2O3/c1-9-5-10(7-11(15)6-9)12(18)17-4-2-3-14(20,8-17)13(16)19/h5-7,20H,2-4,8H2,1H3,(H2,16,19)/t14-/m0/s1. The lowest BCUT2D eigenvalue weighted by Gasteiger charge is -2.37. The molecule has 1 aromatic rings. The number of piperidine rings is 1. The fourth-order valence-electron chi connectivity index (χ4n) is 2.45. The summed E-state index contributed by atoms with van der Waals surface area (Å²) in [4.78, 5) is 25.3. The zero-order chi connectivity index (χ0) is 14.9. The molecule has 0 unspecified atom stereocenters. The summed E-state index contributed by atoms with van der Waals surface area (Å²) in [6, 6.07) is 5.42. The van der Waals surface area contributed by atoms with Crippen molar-refractivity contribution < 1.29 is 14.7 Å². The van der Waals surface area contributed by atoms with E-state index in [2.05, 4.69) is 15.9 Å². The Labute approximate surface area is 125 Å². The molecule has 1 aromatic carbocycles. The molecular weight excluding hydrogens is 324 g/mol. The van der Waals surface area contributed by atoms with Crippen molar-refractivity contribution in [2.75, 3.05) is 13.1 Å². The van der Waals surface area contributed by atoms with Crippen LogP contribution in [0.1, 0.15) is 28.8 Å². The van der Waals surface area contributed by atoms with Gasteiger partial charge in [-0.25, -0.2) is 0 Å². The van der Waals surface area contributed by atoms with Crippen molar-refractivity contribution >= 4 is 27.7 Å². The number of carbonyl (C=O) groups excluding carboxylic acids is 2. The molecule has 0 aliphatic carbocycles. The maximum Gasteiger partial charge on any atom is 0.254 e. The van der Waals surface area contributed by atoms with Gasteiger partial charge in [-0.1, -0.05) is 15.9 Å². The zero-order valence-corrected chi connectivity index (χ0v) is 12.8. The summed E-state index contributed by atoms with van der Waals surface area (Å²) in [6.45, 7) is 2.37. The fourth-order valence-corrected chi connectivity index (χ4v) is 3.06. The van der Waals surface area contributed by atoms with Crippen molar-refractivity contribution in [2.24, 2.45) is 5.73 Å². The topological polar surface area (TPSA) is 83.6 Å². The van der Waals surface area contributed by atoms with Crippen molar-refractivity contribution in [3.05, 3.63) is 33.8 Å². The van der Waals surface area contributed by atoms with Gasteiger partial charge in [0.05, 0.1) is 6.54 Å². The predicted molar refractivity (Wildman–Crippen MR) is 78.2 cm³/mol. The average Bonchev–Trinajstić information content (AvgIpc) is 2.36. The normalized spacial score (nSPS) is 22.6. The van der Waals surface area contributed by atoms with Gasteiger partial charge in [0, 0.05) is 16.6 Å². The Morgan fingerprint density at radius 1 is 1.40 bits per heavy atom. The number of primary amides is 1. The Balaban J connectivity index is 2.22. The minimum absolute atomic E-state index is 0.0489. The van der Waals surface area contributed by atoms with Crippen LogP contribution in [0.2, 0.25) is 0 Å². The van der Waals surface area contributed by atoms with Crippen LogP contribution in [0, 0.1) is 6.92 Å². The first kappa shape index (κ1) is 15.0. The molecule has 0 bridgehead atoms. The highest BCUT2D eigenvalue weighted by molar-refractivity contribution is 9.10. The van der Waals surface area contributed by atoms with Crippen LogP contribution in [0.25, 0.3) is 0 Å². The van der Waals surface area contributed by atoms with Gasteiger partial charge in [-0.05, 0) is 43.5 Å². The number of likely N-dealkylation sites (tertiary alicyclic amines) is 1. The van der Waals surface area contributed by atoms with E-state index in [9.17, 15) is 14.7 Å². The molecule has 108 valence electrons. The number of rotatable bonds is 2. The second kappa shape index (κ2) is 5.54. The highest BCUT2D eigenvalue weighted by atomic mass is 79.9. The largest absolute Gasteiger partial charge is 0.378 e. The molecule has 5 nitrogen and oxygen atoms in total. The summed E-state index contributed by atoms with van der Waals surface area (Å²) >= 11 is 3.36. The Kier molecular flexibility index (Phi) is 4.15. The second-order valence-corrected chi connectivity index (χ2v) is 6.16. The van der Waals surface area contributed by atoms with Crippen molar-refractivity contribution in [1.82, 2.24) is 4.90 Å². The van der Waals surface area contributed by atoms with Gasteiger partial charge in [0.1, 0.15) is 0 Å². The van der Waals surface area contributed by atoms with Crippen LogP contribution in [0.5, 0.6) is 0 Å². The van der Waals surface area contributed by atoms with E-state index in [0.717, 1.165) is 10.0 Å². The third-order valence-corrected chi connectivity index (χ3v) is 3.96. The van der Waals surface area contributed by atoms with Gasteiger partial charge in [-0.2, -0.15) is 0 Å². The lowest BCUT2D eigenvalue weighted by molar-refractivity contribution is -0.140. The van der Waals surface area contributed by atoms with Gasteiger partial charge in [0.15, 0.2) is 5.60 Å². The Hall–Kier alpha value is -1.40. The second-order valence-electron chi connectivity index (χ2n) is 5.24. The highest BCUT2D eigenvalue weighted by Gasteiger charge is 2.40. The fraction of sp³-hybridized carbons (Fsp3) is 0.429. The van der Waals surface area contributed by atoms with Crippen molar-refractivity contribution in [3.8, 4) is 0 Å². The van der Waals surface area contributed by atoms with Gasteiger partial charge >= 0.3 is 0 Å². The number of hydrogen-bond donors (Lipinski definition) is 2. The molecule has 2 rings (SSSR count). The zero-order valence-electron chi connectivity index (χ0n) is 11.2. The van der Waals surface area contributed by atoms with Crippen LogP contribution in [0.15, 0.2) is 22.7 Å². The van der Waals surface area contributed by atoms with Crippen molar-refractivity contribution in [3.63, 3.8) is 0 Å².